The van der Waals surface area contributed by atoms with Gasteiger partial charge in [-0.25, -0.2) is 13.2 Å². The molecule has 18 heavy (non-hydrogen) atoms. The molecule has 0 aliphatic heterocycles. The Morgan fingerprint density at radius 1 is 1.33 bits per heavy atom. The van der Waals surface area contributed by atoms with E-state index in [4.69, 9.17) is 16.3 Å². The minimum absolute atomic E-state index is 0.00716. The molecule has 0 fully saturated rings. The van der Waals surface area contributed by atoms with Gasteiger partial charge in [0.15, 0.2) is 9.84 Å². The Labute approximate surface area is 105 Å². The SMILES string of the molecule is C#CCOCCS(=O)(=O)c1ccc(C(=O)O)cc1. The molecule has 0 amide bonds. The number of hydrogen-bond acceptors (Lipinski definition) is 4. The van der Waals surface area contributed by atoms with E-state index in [-0.39, 0.29) is 29.4 Å². The van der Waals surface area contributed by atoms with Crippen molar-refractivity contribution in [3.05, 3.63) is 29.8 Å². The van der Waals surface area contributed by atoms with Crippen molar-refractivity contribution in [1.82, 2.24) is 0 Å². The predicted molar refractivity (Wildman–Crippen MR) is 65.1 cm³/mol. The molecule has 0 spiro atoms. The monoisotopic (exact) mass is 268 g/mol. The molecule has 0 heterocycles. The maximum absolute atomic E-state index is 11.8. The zero-order valence-electron chi connectivity index (χ0n) is 9.50. The molecular weight excluding hydrogens is 256 g/mol. The number of benzene rings is 1. The van der Waals surface area contributed by atoms with Crippen LogP contribution < -0.4 is 0 Å². The Balaban J connectivity index is 2.73. The van der Waals surface area contributed by atoms with Gasteiger partial charge in [0.25, 0.3) is 0 Å². The summed E-state index contributed by atoms with van der Waals surface area (Å²) in [5.41, 5.74) is 0.0394. The largest absolute Gasteiger partial charge is 0.478 e. The lowest BCUT2D eigenvalue weighted by Gasteiger charge is -2.04. The first kappa shape index (κ1) is 14.2. The quantitative estimate of drug-likeness (QED) is 0.610. The summed E-state index contributed by atoms with van der Waals surface area (Å²) >= 11 is 0. The lowest BCUT2D eigenvalue weighted by atomic mass is 10.2. The van der Waals surface area contributed by atoms with Crippen molar-refractivity contribution in [1.29, 1.82) is 0 Å². The highest BCUT2D eigenvalue weighted by Gasteiger charge is 2.14. The molecule has 0 aliphatic carbocycles. The normalized spacial score (nSPS) is 10.8. The number of rotatable bonds is 6. The number of hydrogen-bond donors (Lipinski definition) is 1. The van der Waals surface area contributed by atoms with Crippen LogP contribution in [0.3, 0.4) is 0 Å². The number of sulfone groups is 1. The van der Waals surface area contributed by atoms with Crippen molar-refractivity contribution in [3.8, 4) is 12.3 Å². The van der Waals surface area contributed by atoms with Crippen LogP contribution in [0.5, 0.6) is 0 Å². The van der Waals surface area contributed by atoms with E-state index in [1.165, 1.54) is 24.3 Å². The fourth-order valence-corrected chi connectivity index (χ4v) is 2.35. The van der Waals surface area contributed by atoms with Crippen LogP contribution in [0.2, 0.25) is 0 Å². The Morgan fingerprint density at radius 2 is 1.94 bits per heavy atom. The lowest BCUT2D eigenvalue weighted by Crippen LogP contribution is -2.13. The molecule has 1 N–H and O–H groups in total. The van der Waals surface area contributed by atoms with Gasteiger partial charge in [-0.2, -0.15) is 0 Å². The summed E-state index contributed by atoms with van der Waals surface area (Å²) in [7, 11) is -3.47. The molecule has 0 bridgehead atoms. The molecule has 0 unspecified atom stereocenters. The molecule has 6 heteroatoms. The van der Waals surface area contributed by atoms with E-state index in [2.05, 4.69) is 5.92 Å². The standard InChI is InChI=1S/C12H12O5S/c1-2-7-17-8-9-18(15,16)11-5-3-10(4-6-11)12(13)14/h1,3-6H,7-9H2,(H,13,14). The maximum atomic E-state index is 11.8. The first-order valence-electron chi connectivity index (χ1n) is 5.04. The summed E-state index contributed by atoms with van der Waals surface area (Å²) in [4.78, 5) is 10.7. The van der Waals surface area contributed by atoms with Crippen molar-refractivity contribution < 1.29 is 23.1 Å². The van der Waals surface area contributed by atoms with Gasteiger partial charge in [0.1, 0.15) is 6.61 Å². The molecule has 0 saturated carbocycles. The van der Waals surface area contributed by atoms with E-state index < -0.39 is 15.8 Å². The maximum Gasteiger partial charge on any atom is 0.335 e. The van der Waals surface area contributed by atoms with E-state index in [0.717, 1.165) is 0 Å². The molecule has 1 aromatic carbocycles. The van der Waals surface area contributed by atoms with Gasteiger partial charge >= 0.3 is 5.97 Å². The highest BCUT2D eigenvalue weighted by atomic mass is 32.2. The summed E-state index contributed by atoms with van der Waals surface area (Å²) in [6.07, 6.45) is 4.95. The summed E-state index contributed by atoms with van der Waals surface area (Å²) in [6.45, 7) is 0.0701. The van der Waals surface area contributed by atoms with Gasteiger partial charge in [-0.05, 0) is 24.3 Å². The first-order chi connectivity index (χ1) is 8.47. The van der Waals surface area contributed by atoms with E-state index in [1.54, 1.807) is 0 Å². The lowest BCUT2D eigenvalue weighted by molar-refractivity contribution is 0.0696. The molecule has 0 aromatic heterocycles. The van der Waals surface area contributed by atoms with E-state index in [0.29, 0.717) is 0 Å². The van der Waals surface area contributed by atoms with Gasteiger partial charge in [0.05, 0.1) is 22.8 Å². The third kappa shape index (κ3) is 3.87. The molecule has 5 nitrogen and oxygen atoms in total. The van der Waals surface area contributed by atoms with Crippen molar-refractivity contribution in [2.24, 2.45) is 0 Å². The van der Waals surface area contributed by atoms with Gasteiger partial charge < -0.3 is 9.84 Å². The fraction of sp³-hybridized carbons (Fsp3) is 0.250. The molecule has 1 rings (SSSR count). The second-order valence-corrected chi connectivity index (χ2v) is 5.51. The van der Waals surface area contributed by atoms with Crippen LogP contribution in [0, 0.1) is 12.3 Å². The van der Waals surface area contributed by atoms with Crippen LogP contribution in [-0.2, 0) is 14.6 Å². The van der Waals surface area contributed by atoms with E-state index in [9.17, 15) is 13.2 Å². The summed E-state index contributed by atoms with van der Waals surface area (Å²) < 4.78 is 28.5. The van der Waals surface area contributed by atoms with E-state index >= 15 is 0 Å². The van der Waals surface area contributed by atoms with Crippen LogP contribution in [0.1, 0.15) is 10.4 Å². The molecule has 0 radical (unpaired) electrons. The zero-order valence-corrected chi connectivity index (χ0v) is 10.3. The Kier molecular flexibility index (Phi) is 4.89. The highest BCUT2D eigenvalue weighted by molar-refractivity contribution is 7.91. The summed E-state index contributed by atoms with van der Waals surface area (Å²) in [6, 6.07) is 5.02. The molecule has 0 aliphatic rings. The highest BCUT2D eigenvalue weighted by Crippen LogP contribution is 2.12. The molecule has 0 saturated heterocycles. The number of carboxylic acids is 1. The fourth-order valence-electron chi connectivity index (χ4n) is 1.22. The van der Waals surface area contributed by atoms with Crippen LogP contribution in [0.25, 0.3) is 0 Å². The number of carbonyl (C=O) groups is 1. The van der Waals surface area contributed by atoms with Gasteiger partial charge in [0.2, 0.25) is 0 Å². The minimum Gasteiger partial charge on any atom is -0.478 e. The smallest absolute Gasteiger partial charge is 0.335 e. The topological polar surface area (TPSA) is 80.7 Å². The third-order valence-electron chi connectivity index (χ3n) is 2.14. The molecule has 1 aromatic rings. The van der Waals surface area contributed by atoms with Crippen LogP contribution >= 0.6 is 0 Å². The van der Waals surface area contributed by atoms with Crippen LogP contribution in [0.15, 0.2) is 29.2 Å². The van der Waals surface area contributed by atoms with Crippen LogP contribution in [0.4, 0.5) is 0 Å². The zero-order chi connectivity index (χ0) is 13.6. The number of ether oxygens (including phenoxy) is 1. The predicted octanol–water partition coefficient (Wildman–Crippen LogP) is 0.808. The van der Waals surface area contributed by atoms with Crippen LogP contribution in [-0.4, -0.2) is 38.5 Å². The average molecular weight is 268 g/mol. The number of aromatic carboxylic acids is 1. The van der Waals surface area contributed by atoms with Crippen molar-refractivity contribution >= 4 is 15.8 Å². The minimum atomic E-state index is -3.47. The second kappa shape index (κ2) is 6.19. The first-order valence-corrected chi connectivity index (χ1v) is 6.70. The van der Waals surface area contributed by atoms with Crippen molar-refractivity contribution in [2.75, 3.05) is 19.0 Å². The second-order valence-electron chi connectivity index (χ2n) is 3.41. The number of carboxylic acid groups (broad SMARTS) is 1. The van der Waals surface area contributed by atoms with Crippen molar-refractivity contribution in [3.63, 3.8) is 0 Å². The third-order valence-corrected chi connectivity index (χ3v) is 3.84. The average Bonchev–Trinajstić information content (AvgIpc) is 2.35. The van der Waals surface area contributed by atoms with Crippen molar-refractivity contribution in [2.45, 2.75) is 4.90 Å². The number of terminal acetylenes is 1. The van der Waals surface area contributed by atoms with Gasteiger partial charge in [0, 0.05) is 0 Å². The molecule has 96 valence electrons. The van der Waals surface area contributed by atoms with Gasteiger partial charge in [-0.15, -0.1) is 6.42 Å². The summed E-state index contributed by atoms with van der Waals surface area (Å²) in [5, 5.41) is 8.69. The molecular formula is C12H12O5S. The van der Waals surface area contributed by atoms with Gasteiger partial charge in [-0.3, -0.25) is 0 Å². The van der Waals surface area contributed by atoms with E-state index in [1.807, 2.05) is 0 Å². The Hall–Kier alpha value is -1.84. The van der Waals surface area contributed by atoms with Gasteiger partial charge in [-0.1, -0.05) is 5.92 Å². The Morgan fingerprint density at radius 3 is 2.44 bits per heavy atom. The molecule has 0 atom stereocenters. The summed E-state index contributed by atoms with van der Waals surface area (Å²) in [5.74, 6) is 0.937. The Bertz CT molecular complexity index is 551.